The Kier molecular flexibility index (Phi) is 14.4. The molecular weight excluding hydrogens is 360 g/mol. The molecule has 162 valence electrons. The quantitative estimate of drug-likeness (QED) is 0.466. The molecule has 0 saturated carbocycles. The van der Waals surface area contributed by atoms with E-state index in [4.69, 9.17) is 9.47 Å². The first-order valence-corrected chi connectivity index (χ1v) is 10.8. The topological polar surface area (TPSA) is 35.5 Å². The van der Waals surface area contributed by atoms with Gasteiger partial charge in [0.2, 0.25) is 0 Å². The first kappa shape index (κ1) is 26.7. The molecular formula is C26H40O3. The van der Waals surface area contributed by atoms with Crippen LogP contribution in [0.1, 0.15) is 59.1 Å². The number of hydrogen-bond donors (Lipinski definition) is 0. The third kappa shape index (κ3) is 10.2. The summed E-state index contributed by atoms with van der Waals surface area (Å²) in [6, 6.07) is 16.0. The summed E-state index contributed by atoms with van der Waals surface area (Å²) in [5.74, 6) is 2.40. The van der Waals surface area contributed by atoms with Gasteiger partial charge in [0.05, 0.1) is 14.2 Å². The fraction of sp³-hybridized carbons (Fsp3) is 0.500. The van der Waals surface area contributed by atoms with Crippen LogP contribution in [0.15, 0.2) is 48.5 Å². The Morgan fingerprint density at radius 2 is 1.10 bits per heavy atom. The van der Waals surface area contributed by atoms with E-state index in [0.29, 0.717) is 18.1 Å². The summed E-state index contributed by atoms with van der Waals surface area (Å²) in [6.45, 7) is 12.2. The van der Waals surface area contributed by atoms with Crippen LogP contribution in [-0.4, -0.2) is 20.0 Å². The third-order valence-electron chi connectivity index (χ3n) is 4.54. The molecule has 29 heavy (non-hydrogen) atoms. The number of ketones is 1. The minimum Gasteiger partial charge on any atom is -0.497 e. The Morgan fingerprint density at radius 1 is 0.724 bits per heavy atom. The molecule has 0 heterocycles. The largest absolute Gasteiger partial charge is 0.497 e. The molecule has 3 nitrogen and oxygen atoms in total. The van der Waals surface area contributed by atoms with E-state index >= 15 is 0 Å². The summed E-state index contributed by atoms with van der Waals surface area (Å²) in [4.78, 5) is 12.5. The van der Waals surface area contributed by atoms with Crippen molar-refractivity contribution in [2.45, 2.75) is 60.8 Å². The molecule has 3 heteroatoms. The smallest absolute Gasteiger partial charge is 0.136 e. The molecule has 0 amide bonds. The van der Waals surface area contributed by atoms with Crippen molar-refractivity contribution in [3.05, 3.63) is 59.7 Å². The first-order chi connectivity index (χ1) is 14.0. The van der Waals surface area contributed by atoms with E-state index in [-0.39, 0.29) is 5.92 Å². The van der Waals surface area contributed by atoms with Crippen molar-refractivity contribution < 1.29 is 14.3 Å². The normalized spacial score (nSPS) is 11.7. The Morgan fingerprint density at radius 3 is 1.48 bits per heavy atom. The van der Waals surface area contributed by atoms with E-state index in [0.717, 1.165) is 24.3 Å². The van der Waals surface area contributed by atoms with Crippen LogP contribution in [-0.2, 0) is 17.6 Å². The number of ether oxygens (including phenoxy) is 2. The number of hydrogen-bond acceptors (Lipinski definition) is 3. The minimum atomic E-state index is 0.0340. The maximum absolute atomic E-state index is 12.5. The fourth-order valence-electron chi connectivity index (χ4n) is 3.01. The summed E-state index contributed by atoms with van der Waals surface area (Å²) < 4.78 is 10.3. The average Bonchev–Trinajstić information content (AvgIpc) is 2.77. The van der Waals surface area contributed by atoms with Crippen LogP contribution in [0.2, 0.25) is 0 Å². The predicted octanol–water partition coefficient (Wildman–Crippen LogP) is 6.77. The lowest BCUT2D eigenvalue weighted by molar-refractivity contribution is -0.123. The van der Waals surface area contributed by atoms with E-state index in [2.05, 4.69) is 19.1 Å². The van der Waals surface area contributed by atoms with Gasteiger partial charge < -0.3 is 9.47 Å². The van der Waals surface area contributed by atoms with E-state index in [9.17, 15) is 4.79 Å². The second-order valence-corrected chi connectivity index (χ2v) is 6.78. The van der Waals surface area contributed by atoms with Crippen LogP contribution in [0.25, 0.3) is 0 Å². The molecule has 0 saturated heterocycles. The van der Waals surface area contributed by atoms with Crippen LogP contribution in [0.3, 0.4) is 0 Å². The maximum Gasteiger partial charge on any atom is 0.136 e. The summed E-state index contributed by atoms with van der Waals surface area (Å²) in [5, 5.41) is 0. The molecule has 0 N–H and O–H groups in total. The van der Waals surface area contributed by atoms with Gasteiger partial charge in [0.1, 0.15) is 17.3 Å². The zero-order valence-electron chi connectivity index (χ0n) is 19.6. The van der Waals surface area contributed by atoms with Crippen LogP contribution < -0.4 is 9.47 Å². The summed E-state index contributed by atoms with van der Waals surface area (Å²) >= 11 is 0. The van der Waals surface area contributed by atoms with Gasteiger partial charge in [0.25, 0.3) is 0 Å². The first-order valence-electron chi connectivity index (χ1n) is 10.8. The van der Waals surface area contributed by atoms with Crippen LogP contribution >= 0.6 is 0 Å². The molecule has 2 rings (SSSR count). The van der Waals surface area contributed by atoms with Crippen molar-refractivity contribution in [2.24, 2.45) is 11.8 Å². The third-order valence-corrected chi connectivity index (χ3v) is 4.54. The zero-order chi connectivity index (χ0) is 22.2. The highest BCUT2D eigenvalue weighted by Crippen LogP contribution is 2.20. The number of rotatable bonds is 9. The Hall–Kier alpha value is -2.29. The van der Waals surface area contributed by atoms with Gasteiger partial charge in [-0.2, -0.15) is 0 Å². The molecule has 0 spiro atoms. The molecule has 0 aliphatic heterocycles. The highest BCUT2D eigenvalue weighted by molar-refractivity contribution is 5.81. The molecule has 0 aromatic heterocycles. The minimum absolute atomic E-state index is 0.0340. The van der Waals surface area contributed by atoms with Gasteiger partial charge in [0.15, 0.2) is 0 Å². The highest BCUT2D eigenvalue weighted by Gasteiger charge is 2.17. The zero-order valence-corrected chi connectivity index (χ0v) is 19.6. The van der Waals surface area contributed by atoms with E-state index < -0.39 is 0 Å². The Balaban J connectivity index is 0.00000184. The van der Waals surface area contributed by atoms with Crippen LogP contribution in [0.5, 0.6) is 11.5 Å². The number of carbonyl (C=O) groups is 1. The monoisotopic (exact) mass is 400 g/mol. The molecule has 0 aliphatic carbocycles. The Bertz CT molecular complexity index is 659. The van der Waals surface area contributed by atoms with Crippen molar-refractivity contribution in [3.8, 4) is 11.5 Å². The van der Waals surface area contributed by atoms with E-state index in [1.807, 2.05) is 71.0 Å². The lowest BCUT2D eigenvalue weighted by Gasteiger charge is -2.15. The van der Waals surface area contributed by atoms with Crippen molar-refractivity contribution >= 4 is 5.78 Å². The standard InChI is InChI=1S/C22H28O3.2C2H6/c1-16(13-18-5-9-20(24-3)10-6-18)14-22(23)17(2)15-19-7-11-21(25-4)12-8-19;2*1-2/h5-12,16-17H,13-15H2,1-4H3;2*1-2H3. The van der Waals surface area contributed by atoms with Crippen molar-refractivity contribution in [1.82, 2.24) is 0 Å². The summed E-state index contributed by atoms with van der Waals surface area (Å²) in [7, 11) is 3.33. The van der Waals surface area contributed by atoms with E-state index in [1.165, 1.54) is 11.1 Å². The van der Waals surface area contributed by atoms with Gasteiger partial charge >= 0.3 is 0 Å². The second-order valence-electron chi connectivity index (χ2n) is 6.78. The number of benzene rings is 2. The molecule has 2 unspecified atom stereocenters. The number of carbonyl (C=O) groups excluding carboxylic acids is 1. The van der Waals surface area contributed by atoms with Crippen LogP contribution in [0.4, 0.5) is 0 Å². The van der Waals surface area contributed by atoms with Crippen molar-refractivity contribution in [1.29, 1.82) is 0 Å². The SMILES string of the molecule is CC.CC.COc1ccc(CC(C)CC(=O)C(C)Cc2ccc(OC)cc2)cc1. The lowest BCUT2D eigenvalue weighted by Crippen LogP contribution is -2.17. The molecule has 2 aromatic carbocycles. The van der Waals surface area contributed by atoms with Gasteiger partial charge in [-0.05, 0) is 54.2 Å². The molecule has 0 aliphatic rings. The summed E-state index contributed by atoms with van der Waals surface area (Å²) in [5.41, 5.74) is 2.41. The second kappa shape index (κ2) is 15.6. The molecule has 0 fully saturated rings. The van der Waals surface area contributed by atoms with Gasteiger partial charge in [0, 0.05) is 12.3 Å². The molecule has 2 atom stereocenters. The van der Waals surface area contributed by atoms with Gasteiger partial charge in [-0.1, -0.05) is 65.8 Å². The van der Waals surface area contributed by atoms with E-state index in [1.54, 1.807) is 14.2 Å². The molecule has 0 radical (unpaired) electrons. The average molecular weight is 401 g/mol. The predicted molar refractivity (Wildman–Crippen MR) is 124 cm³/mol. The maximum atomic E-state index is 12.5. The molecule has 0 bridgehead atoms. The van der Waals surface area contributed by atoms with Crippen LogP contribution in [0, 0.1) is 11.8 Å². The van der Waals surface area contributed by atoms with Gasteiger partial charge in [-0.25, -0.2) is 0 Å². The van der Waals surface area contributed by atoms with Gasteiger partial charge in [-0.15, -0.1) is 0 Å². The van der Waals surface area contributed by atoms with Crippen molar-refractivity contribution in [2.75, 3.05) is 14.2 Å². The highest BCUT2D eigenvalue weighted by atomic mass is 16.5. The molecule has 2 aromatic rings. The van der Waals surface area contributed by atoms with Crippen molar-refractivity contribution in [3.63, 3.8) is 0 Å². The van der Waals surface area contributed by atoms with Gasteiger partial charge in [-0.3, -0.25) is 4.79 Å². The fourth-order valence-corrected chi connectivity index (χ4v) is 3.01. The number of methoxy groups -OCH3 is 2. The summed E-state index contributed by atoms with van der Waals surface area (Å²) in [6.07, 6.45) is 2.30. The lowest BCUT2D eigenvalue weighted by atomic mass is 9.89. The number of Topliss-reactive ketones (excluding diaryl/α,β-unsaturated/α-hetero) is 1. The Labute approximate surface area is 178 Å².